The standard InChI is InChI=1S/C22H28N2O2S.ClH/c1-22(2)20(14-8-10-24(22)11-9-14)23-21(25)17-12-15-6-7-16(13-4-5-13)18(26-3)19(15)27-17;/h6-7,12-14,20H,4-5,8-11H2,1-3H3,(H,23,25);1H/t20-;/m1./s1. The summed E-state index contributed by atoms with van der Waals surface area (Å²) in [4.78, 5) is 16.4. The molecule has 0 unspecified atom stereocenters. The first-order valence-electron chi connectivity index (χ1n) is 10.2. The zero-order valence-corrected chi connectivity index (χ0v) is 18.4. The number of hydrogen-bond donors (Lipinski definition) is 1. The minimum atomic E-state index is 0. The number of nitrogens with one attached hydrogen (secondary N) is 1. The van der Waals surface area contributed by atoms with Gasteiger partial charge < -0.3 is 10.1 Å². The summed E-state index contributed by atoms with van der Waals surface area (Å²) in [5.74, 6) is 2.27. The SMILES string of the molecule is COc1c(C2CC2)ccc2cc(C(=O)N[C@@H]3C4CCN(CC4)C3(C)C)sc12.Cl. The summed E-state index contributed by atoms with van der Waals surface area (Å²) in [6.07, 6.45) is 4.88. The van der Waals surface area contributed by atoms with E-state index < -0.39 is 0 Å². The van der Waals surface area contributed by atoms with E-state index in [1.54, 1.807) is 18.4 Å². The Labute approximate surface area is 177 Å². The average Bonchev–Trinajstić information content (AvgIpc) is 3.41. The molecule has 2 bridgehead atoms. The lowest BCUT2D eigenvalue weighted by Crippen LogP contribution is -2.69. The molecule has 152 valence electrons. The summed E-state index contributed by atoms with van der Waals surface area (Å²) in [6, 6.07) is 6.59. The first-order valence-corrected chi connectivity index (χ1v) is 11.0. The van der Waals surface area contributed by atoms with Gasteiger partial charge in [-0.2, -0.15) is 0 Å². The van der Waals surface area contributed by atoms with Gasteiger partial charge in [0.05, 0.1) is 16.7 Å². The molecule has 1 saturated carbocycles. The molecule has 4 heterocycles. The Morgan fingerprint density at radius 2 is 1.93 bits per heavy atom. The van der Waals surface area contributed by atoms with Crippen molar-refractivity contribution in [1.82, 2.24) is 10.2 Å². The number of halogens is 1. The molecule has 4 fully saturated rings. The molecule has 0 radical (unpaired) electrons. The van der Waals surface area contributed by atoms with Crippen molar-refractivity contribution < 1.29 is 9.53 Å². The second kappa shape index (κ2) is 7.19. The van der Waals surface area contributed by atoms with Crippen LogP contribution < -0.4 is 10.1 Å². The number of hydrogen-bond acceptors (Lipinski definition) is 4. The van der Waals surface area contributed by atoms with Crippen molar-refractivity contribution in [2.45, 2.75) is 57.0 Å². The highest BCUT2D eigenvalue weighted by molar-refractivity contribution is 7.21. The van der Waals surface area contributed by atoms with Gasteiger partial charge in [-0.3, -0.25) is 9.69 Å². The highest BCUT2D eigenvalue weighted by atomic mass is 35.5. The normalized spacial score (nSPS) is 28.0. The van der Waals surface area contributed by atoms with Crippen molar-refractivity contribution in [3.8, 4) is 5.75 Å². The minimum absolute atomic E-state index is 0. The number of thiophene rings is 1. The van der Waals surface area contributed by atoms with Crippen LogP contribution in [0.15, 0.2) is 18.2 Å². The number of rotatable bonds is 4. The lowest BCUT2D eigenvalue weighted by atomic mass is 9.72. The van der Waals surface area contributed by atoms with Crippen LogP contribution in [-0.2, 0) is 0 Å². The van der Waals surface area contributed by atoms with Gasteiger partial charge in [0.1, 0.15) is 5.75 Å². The number of carbonyl (C=O) groups excluding carboxylic acids is 1. The summed E-state index contributed by atoms with van der Waals surface area (Å²) in [5.41, 5.74) is 1.34. The highest BCUT2D eigenvalue weighted by Crippen LogP contribution is 2.48. The number of carbonyl (C=O) groups is 1. The van der Waals surface area contributed by atoms with Crippen LogP contribution >= 0.6 is 23.7 Å². The molecule has 4 nitrogen and oxygen atoms in total. The van der Waals surface area contributed by atoms with E-state index in [0.29, 0.717) is 11.8 Å². The Bertz CT molecular complexity index is 897. The third-order valence-electron chi connectivity index (χ3n) is 6.99. The van der Waals surface area contributed by atoms with Crippen molar-refractivity contribution in [3.63, 3.8) is 0 Å². The number of ether oxygens (including phenoxy) is 1. The van der Waals surface area contributed by atoms with E-state index in [4.69, 9.17) is 4.74 Å². The lowest BCUT2D eigenvalue weighted by molar-refractivity contribution is -0.0377. The monoisotopic (exact) mass is 420 g/mol. The maximum Gasteiger partial charge on any atom is 0.261 e. The fraction of sp³-hybridized carbons (Fsp3) is 0.591. The molecule has 2 aromatic rings. The molecular weight excluding hydrogens is 392 g/mol. The van der Waals surface area contributed by atoms with E-state index in [1.165, 1.54) is 31.2 Å². The largest absolute Gasteiger partial charge is 0.495 e. The molecule has 1 atom stereocenters. The van der Waals surface area contributed by atoms with Crippen LogP contribution in [0.5, 0.6) is 5.75 Å². The second-order valence-electron chi connectivity index (χ2n) is 8.92. The predicted molar refractivity (Wildman–Crippen MR) is 117 cm³/mol. The highest BCUT2D eigenvalue weighted by Gasteiger charge is 2.48. The molecule has 1 aromatic heterocycles. The molecule has 1 N–H and O–H groups in total. The third kappa shape index (κ3) is 3.12. The number of amides is 1. The molecule has 3 saturated heterocycles. The van der Waals surface area contributed by atoms with Crippen molar-refractivity contribution in [2.24, 2.45) is 5.92 Å². The van der Waals surface area contributed by atoms with Gasteiger partial charge in [-0.05, 0) is 81.5 Å². The fourth-order valence-corrected chi connectivity index (χ4v) is 6.32. The first kappa shape index (κ1) is 20.0. The fourth-order valence-electron chi connectivity index (χ4n) is 5.22. The molecule has 4 aliphatic rings. The van der Waals surface area contributed by atoms with Gasteiger partial charge in [0.25, 0.3) is 5.91 Å². The number of fused-ring (bicyclic) bond motifs is 4. The molecule has 1 aromatic carbocycles. The summed E-state index contributed by atoms with van der Waals surface area (Å²) in [6.45, 7) is 6.88. The molecule has 6 rings (SSSR count). The van der Waals surface area contributed by atoms with Crippen LogP contribution in [0.1, 0.15) is 60.7 Å². The van der Waals surface area contributed by atoms with Gasteiger partial charge in [-0.15, -0.1) is 23.7 Å². The van der Waals surface area contributed by atoms with Gasteiger partial charge in [-0.1, -0.05) is 12.1 Å². The van der Waals surface area contributed by atoms with Gasteiger partial charge in [-0.25, -0.2) is 0 Å². The van der Waals surface area contributed by atoms with Crippen molar-refractivity contribution >= 4 is 39.7 Å². The van der Waals surface area contributed by atoms with E-state index in [0.717, 1.165) is 33.8 Å². The van der Waals surface area contributed by atoms with E-state index >= 15 is 0 Å². The minimum Gasteiger partial charge on any atom is -0.495 e. The smallest absolute Gasteiger partial charge is 0.261 e. The van der Waals surface area contributed by atoms with Gasteiger partial charge in [0.2, 0.25) is 0 Å². The third-order valence-corrected chi connectivity index (χ3v) is 8.14. The van der Waals surface area contributed by atoms with Crippen LogP contribution in [0.2, 0.25) is 0 Å². The lowest BCUT2D eigenvalue weighted by Gasteiger charge is -2.56. The number of methoxy groups -OCH3 is 1. The Morgan fingerprint density at radius 1 is 1.21 bits per heavy atom. The summed E-state index contributed by atoms with van der Waals surface area (Å²) in [7, 11) is 1.75. The molecule has 6 heteroatoms. The maximum absolute atomic E-state index is 13.1. The molecule has 0 spiro atoms. The van der Waals surface area contributed by atoms with Crippen molar-refractivity contribution in [1.29, 1.82) is 0 Å². The zero-order valence-electron chi connectivity index (χ0n) is 16.8. The maximum atomic E-state index is 13.1. The van der Waals surface area contributed by atoms with E-state index in [9.17, 15) is 4.79 Å². The zero-order chi connectivity index (χ0) is 18.8. The molecule has 1 amide bonds. The number of piperidine rings is 3. The predicted octanol–water partition coefficient (Wildman–Crippen LogP) is 4.81. The van der Waals surface area contributed by atoms with Crippen LogP contribution in [0, 0.1) is 5.92 Å². The number of benzene rings is 1. The quantitative estimate of drug-likeness (QED) is 0.771. The van der Waals surface area contributed by atoms with Crippen LogP contribution in [-0.4, -0.2) is 42.6 Å². The van der Waals surface area contributed by atoms with Crippen LogP contribution in [0.4, 0.5) is 0 Å². The summed E-state index contributed by atoms with van der Waals surface area (Å²) < 4.78 is 6.86. The van der Waals surface area contributed by atoms with Gasteiger partial charge >= 0.3 is 0 Å². The molecular formula is C22H29ClN2O2S. The van der Waals surface area contributed by atoms with Gasteiger partial charge in [0, 0.05) is 11.6 Å². The van der Waals surface area contributed by atoms with E-state index in [2.05, 4.69) is 36.2 Å². The van der Waals surface area contributed by atoms with Crippen molar-refractivity contribution in [2.75, 3.05) is 20.2 Å². The molecule has 28 heavy (non-hydrogen) atoms. The molecule has 3 aliphatic heterocycles. The Balaban J connectivity index is 0.00000192. The molecule has 1 aliphatic carbocycles. The van der Waals surface area contributed by atoms with Crippen LogP contribution in [0.25, 0.3) is 10.1 Å². The average molecular weight is 421 g/mol. The van der Waals surface area contributed by atoms with Crippen LogP contribution in [0.3, 0.4) is 0 Å². The topological polar surface area (TPSA) is 41.6 Å². The number of nitrogens with zero attached hydrogens (tertiary/aromatic N) is 1. The second-order valence-corrected chi connectivity index (χ2v) is 9.97. The van der Waals surface area contributed by atoms with Crippen molar-refractivity contribution in [3.05, 3.63) is 28.6 Å². The Kier molecular flexibility index (Phi) is 5.13. The Morgan fingerprint density at radius 3 is 2.54 bits per heavy atom. The first-order chi connectivity index (χ1) is 13.0. The Hall–Kier alpha value is -1.30. The van der Waals surface area contributed by atoms with E-state index in [-0.39, 0.29) is 29.9 Å². The van der Waals surface area contributed by atoms with E-state index in [1.807, 2.05) is 6.07 Å². The van der Waals surface area contributed by atoms with Gasteiger partial charge in [0.15, 0.2) is 0 Å². The summed E-state index contributed by atoms with van der Waals surface area (Å²) >= 11 is 1.57. The summed E-state index contributed by atoms with van der Waals surface area (Å²) in [5, 5.41) is 4.50.